The molecule has 2 aromatic rings. The third kappa shape index (κ3) is 4.37. The minimum Gasteiger partial charge on any atom is -0.325 e. The van der Waals surface area contributed by atoms with Crippen LogP contribution >= 0.6 is 46.3 Å². The van der Waals surface area contributed by atoms with Gasteiger partial charge in [0.25, 0.3) is 0 Å². The number of rotatable bonds is 5. The summed E-state index contributed by atoms with van der Waals surface area (Å²) >= 11 is 14.6. The lowest BCUT2D eigenvalue weighted by molar-refractivity contribution is -0.128. The SMILES string of the molecule is CCN1C(=O)C(CC(=O)Nc2cc(Cl)ccc2Cl)SC1=Nc1nccs1. The number of hydrogen-bond donors (Lipinski definition) is 1. The average molecular weight is 429 g/mol. The zero-order chi connectivity index (χ0) is 18.7. The number of nitrogens with zero attached hydrogens (tertiary/aromatic N) is 3. The van der Waals surface area contributed by atoms with Gasteiger partial charge in [0.2, 0.25) is 16.9 Å². The molecule has 1 saturated heterocycles. The second kappa shape index (κ2) is 8.39. The number of nitrogens with one attached hydrogen (secondary N) is 1. The van der Waals surface area contributed by atoms with Gasteiger partial charge in [-0.1, -0.05) is 35.0 Å². The Labute approximate surface area is 168 Å². The molecule has 1 aliphatic rings. The molecule has 0 spiro atoms. The molecule has 2 amide bonds. The number of anilines is 1. The van der Waals surface area contributed by atoms with Crippen LogP contribution in [0.2, 0.25) is 10.0 Å². The second-order valence-corrected chi connectivity index (χ2v) is 8.16. The van der Waals surface area contributed by atoms with E-state index in [0.717, 1.165) is 0 Å². The molecule has 0 aliphatic carbocycles. The van der Waals surface area contributed by atoms with Crippen molar-refractivity contribution in [2.45, 2.75) is 18.6 Å². The first-order chi connectivity index (χ1) is 12.5. The second-order valence-electron chi connectivity index (χ2n) is 5.27. The molecular formula is C16H14Cl2N4O2S2. The number of aromatic nitrogens is 1. The van der Waals surface area contributed by atoms with Gasteiger partial charge in [-0.15, -0.1) is 11.3 Å². The number of benzene rings is 1. The van der Waals surface area contributed by atoms with E-state index in [1.165, 1.54) is 23.1 Å². The molecule has 1 fully saturated rings. The van der Waals surface area contributed by atoms with Crippen LogP contribution in [0, 0.1) is 0 Å². The Bertz CT molecular complexity index is 858. The molecule has 1 atom stereocenters. The molecule has 2 heterocycles. The summed E-state index contributed by atoms with van der Waals surface area (Å²) in [7, 11) is 0. The van der Waals surface area contributed by atoms with E-state index in [2.05, 4.69) is 15.3 Å². The predicted molar refractivity (Wildman–Crippen MR) is 108 cm³/mol. The Kier molecular flexibility index (Phi) is 6.18. The highest BCUT2D eigenvalue weighted by Crippen LogP contribution is 2.32. The maximum absolute atomic E-state index is 12.6. The van der Waals surface area contributed by atoms with Gasteiger partial charge in [0.1, 0.15) is 5.25 Å². The van der Waals surface area contributed by atoms with Crippen LogP contribution in [-0.2, 0) is 9.59 Å². The van der Waals surface area contributed by atoms with Crippen molar-refractivity contribution in [2.24, 2.45) is 4.99 Å². The van der Waals surface area contributed by atoms with Crippen LogP contribution < -0.4 is 5.32 Å². The number of amides is 2. The van der Waals surface area contributed by atoms with E-state index in [1.807, 2.05) is 12.3 Å². The minimum atomic E-state index is -0.536. The van der Waals surface area contributed by atoms with Crippen molar-refractivity contribution in [3.8, 4) is 0 Å². The maximum atomic E-state index is 12.6. The quantitative estimate of drug-likeness (QED) is 0.763. The number of halogens is 2. The molecule has 26 heavy (non-hydrogen) atoms. The van der Waals surface area contributed by atoms with Gasteiger partial charge in [0, 0.05) is 29.6 Å². The van der Waals surface area contributed by atoms with Crippen molar-refractivity contribution in [3.05, 3.63) is 39.8 Å². The molecule has 136 valence electrons. The van der Waals surface area contributed by atoms with Crippen molar-refractivity contribution in [1.82, 2.24) is 9.88 Å². The number of amidine groups is 1. The lowest BCUT2D eigenvalue weighted by atomic mass is 10.2. The summed E-state index contributed by atoms with van der Waals surface area (Å²) < 4.78 is 0. The summed E-state index contributed by atoms with van der Waals surface area (Å²) in [6, 6.07) is 4.81. The zero-order valence-electron chi connectivity index (χ0n) is 13.6. The Morgan fingerprint density at radius 1 is 1.42 bits per heavy atom. The molecular weight excluding hydrogens is 415 g/mol. The first kappa shape index (κ1) is 19.2. The number of aliphatic imine (C=N–C) groups is 1. The van der Waals surface area contributed by atoms with Crippen LogP contribution in [0.15, 0.2) is 34.8 Å². The fourth-order valence-electron chi connectivity index (χ4n) is 2.33. The zero-order valence-corrected chi connectivity index (χ0v) is 16.8. The maximum Gasteiger partial charge on any atom is 0.242 e. The number of thiazole rings is 1. The highest BCUT2D eigenvalue weighted by Gasteiger charge is 2.38. The fourth-order valence-corrected chi connectivity index (χ4v) is 4.43. The van der Waals surface area contributed by atoms with E-state index in [1.54, 1.807) is 29.3 Å². The van der Waals surface area contributed by atoms with E-state index in [-0.39, 0.29) is 18.2 Å². The fraction of sp³-hybridized carbons (Fsp3) is 0.250. The third-order valence-electron chi connectivity index (χ3n) is 3.52. The molecule has 1 unspecified atom stereocenters. The van der Waals surface area contributed by atoms with E-state index in [4.69, 9.17) is 23.2 Å². The molecule has 0 saturated carbocycles. The van der Waals surface area contributed by atoms with Crippen LogP contribution in [0.5, 0.6) is 0 Å². The van der Waals surface area contributed by atoms with Crippen molar-refractivity contribution in [3.63, 3.8) is 0 Å². The topological polar surface area (TPSA) is 74.7 Å². The van der Waals surface area contributed by atoms with E-state index in [0.29, 0.717) is 32.6 Å². The Hall–Kier alpha value is -1.61. The number of carbonyl (C=O) groups is 2. The van der Waals surface area contributed by atoms with E-state index >= 15 is 0 Å². The number of hydrogen-bond acceptors (Lipinski definition) is 6. The van der Waals surface area contributed by atoms with Crippen LogP contribution in [-0.4, -0.2) is 38.7 Å². The van der Waals surface area contributed by atoms with Crippen LogP contribution in [0.3, 0.4) is 0 Å². The normalized spacial score (nSPS) is 18.6. The molecule has 1 aromatic heterocycles. The average Bonchev–Trinajstić information content (AvgIpc) is 3.20. The highest BCUT2D eigenvalue weighted by molar-refractivity contribution is 8.15. The highest BCUT2D eigenvalue weighted by atomic mass is 35.5. The molecule has 0 bridgehead atoms. The van der Waals surface area contributed by atoms with Gasteiger partial charge in [-0.25, -0.2) is 4.98 Å². The Morgan fingerprint density at radius 2 is 2.23 bits per heavy atom. The van der Waals surface area contributed by atoms with Gasteiger partial charge >= 0.3 is 0 Å². The van der Waals surface area contributed by atoms with Gasteiger partial charge < -0.3 is 5.32 Å². The smallest absolute Gasteiger partial charge is 0.242 e. The van der Waals surface area contributed by atoms with Crippen molar-refractivity contribution in [2.75, 3.05) is 11.9 Å². The van der Waals surface area contributed by atoms with Crippen LogP contribution in [0.25, 0.3) is 0 Å². The summed E-state index contributed by atoms with van der Waals surface area (Å²) in [4.78, 5) is 35.0. The van der Waals surface area contributed by atoms with Gasteiger partial charge in [0.05, 0.1) is 10.7 Å². The Balaban J connectivity index is 1.70. The van der Waals surface area contributed by atoms with E-state index in [9.17, 15) is 9.59 Å². The monoisotopic (exact) mass is 428 g/mol. The predicted octanol–water partition coefficient (Wildman–Crippen LogP) is 4.43. The lowest BCUT2D eigenvalue weighted by Crippen LogP contribution is -2.33. The summed E-state index contributed by atoms with van der Waals surface area (Å²) in [5, 5.41) is 5.97. The van der Waals surface area contributed by atoms with Crippen molar-refractivity contribution in [1.29, 1.82) is 0 Å². The van der Waals surface area contributed by atoms with Gasteiger partial charge in [0.15, 0.2) is 5.17 Å². The summed E-state index contributed by atoms with van der Waals surface area (Å²) in [5.74, 6) is -0.452. The molecule has 10 heteroatoms. The number of carbonyl (C=O) groups excluding carboxylic acids is 2. The van der Waals surface area contributed by atoms with E-state index < -0.39 is 5.25 Å². The van der Waals surface area contributed by atoms with Gasteiger partial charge in [-0.2, -0.15) is 4.99 Å². The Morgan fingerprint density at radius 3 is 2.92 bits per heavy atom. The lowest BCUT2D eigenvalue weighted by Gasteiger charge is -2.13. The third-order valence-corrected chi connectivity index (χ3v) is 5.93. The number of thioether (sulfide) groups is 1. The molecule has 1 aliphatic heterocycles. The molecule has 1 aromatic carbocycles. The standard InChI is InChI=1S/C16H14Cl2N4O2S2/c1-2-22-14(24)12(26-16(22)21-15-19-5-6-25-15)8-13(23)20-11-7-9(17)3-4-10(11)18/h3-7,12H,2,8H2,1H3,(H,20,23). The van der Waals surface area contributed by atoms with Gasteiger partial charge in [-0.05, 0) is 25.1 Å². The van der Waals surface area contributed by atoms with Crippen molar-refractivity contribution < 1.29 is 9.59 Å². The van der Waals surface area contributed by atoms with Crippen molar-refractivity contribution >= 4 is 74.1 Å². The molecule has 0 radical (unpaired) electrons. The first-order valence-corrected chi connectivity index (χ1v) is 10.2. The van der Waals surface area contributed by atoms with Gasteiger partial charge in [-0.3, -0.25) is 14.5 Å². The summed E-state index contributed by atoms with van der Waals surface area (Å²) in [5.41, 5.74) is 0.420. The molecule has 6 nitrogen and oxygen atoms in total. The first-order valence-electron chi connectivity index (χ1n) is 7.69. The van der Waals surface area contributed by atoms with Crippen LogP contribution in [0.4, 0.5) is 10.8 Å². The summed E-state index contributed by atoms with van der Waals surface area (Å²) in [6.45, 7) is 2.35. The summed E-state index contributed by atoms with van der Waals surface area (Å²) in [6.07, 6.45) is 1.67. The molecule has 1 N–H and O–H groups in total. The largest absolute Gasteiger partial charge is 0.325 e. The molecule has 3 rings (SSSR count). The van der Waals surface area contributed by atoms with Crippen LogP contribution in [0.1, 0.15) is 13.3 Å². The minimum absolute atomic E-state index is 0.0136.